The second kappa shape index (κ2) is 6.05. The molecule has 0 N–H and O–H groups in total. The number of thioether (sulfide) groups is 1. The van der Waals surface area contributed by atoms with Gasteiger partial charge in [-0.2, -0.15) is 10.5 Å². The van der Waals surface area contributed by atoms with Crippen molar-refractivity contribution in [2.45, 2.75) is 17.8 Å². The van der Waals surface area contributed by atoms with Crippen LogP contribution in [-0.4, -0.2) is 11.2 Å². The Balaban J connectivity index is 2.80. The van der Waals surface area contributed by atoms with Crippen LogP contribution in [0.4, 0.5) is 0 Å². The van der Waals surface area contributed by atoms with E-state index in [0.29, 0.717) is 18.6 Å². The summed E-state index contributed by atoms with van der Waals surface area (Å²) in [5.41, 5.74) is 0. The second-order valence-corrected chi connectivity index (χ2v) is 4.21. The van der Waals surface area contributed by atoms with E-state index >= 15 is 0 Å². The molecule has 0 amide bonds. The summed E-state index contributed by atoms with van der Waals surface area (Å²) in [6, 6.07) is 13.4. The number of rotatable bonds is 5. The Hall–Kier alpha value is -1.65. The van der Waals surface area contributed by atoms with Crippen molar-refractivity contribution < 1.29 is 4.74 Å². The van der Waals surface area contributed by atoms with Gasteiger partial charge in [0.05, 0.1) is 6.07 Å². The number of hydrogen-bond donors (Lipinski definition) is 0. The van der Waals surface area contributed by atoms with E-state index in [1.165, 1.54) is 11.8 Å². The molecule has 0 aliphatic rings. The first-order valence-corrected chi connectivity index (χ1v) is 6.06. The molecule has 0 spiro atoms. The smallest absolute Gasteiger partial charge is 0.241 e. The van der Waals surface area contributed by atoms with Crippen molar-refractivity contribution >= 4 is 11.8 Å². The molecular formula is C12H12N2OS. The van der Waals surface area contributed by atoms with Gasteiger partial charge in [0, 0.05) is 12.8 Å². The van der Waals surface area contributed by atoms with Crippen LogP contribution in [0.5, 0.6) is 5.75 Å². The molecule has 16 heavy (non-hydrogen) atoms. The van der Waals surface area contributed by atoms with Gasteiger partial charge in [-0.05, 0) is 18.4 Å². The molecule has 0 aliphatic carbocycles. The molecule has 0 aliphatic heterocycles. The van der Waals surface area contributed by atoms with Crippen LogP contribution < -0.4 is 4.74 Å². The van der Waals surface area contributed by atoms with Gasteiger partial charge in [-0.1, -0.05) is 18.2 Å². The Morgan fingerprint density at radius 2 is 2.00 bits per heavy atom. The maximum absolute atomic E-state index is 9.16. The number of ether oxygens (including phenoxy) is 1. The molecule has 0 saturated heterocycles. The predicted octanol–water partition coefficient (Wildman–Crippen LogP) is 2.95. The van der Waals surface area contributed by atoms with Crippen molar-refractivity contribution in [1.29, 1.82) is 10.5 Å². The molecule has 0 fully saturated rings. The Morgan fingerprint density at radius 1 is 1.31 bits per heavy atom. The first kappa shape index (κ1) is 12.4. The van der Waals surface area contributed by atoms with Gasteiger partial charge in [-0.3, -0.25) is 0 Å². The van der Waals surface area contributed by atoms with Crippen molar-refractivity contribution in [3.05, 3.63) is 30.3 Å². The number of nitrogens with zero attached hydrogens (tertiary/aromatic N) is 2. The summed E-state index contributed by atoms with van der Waals surface area (Å²) in [5.74, 6) is 0.649. The van der Waals surface area contributed by atoms with E-state index in [1.807, 2.05) is 30.5 Å². The summed E-state index contributed by atoms with van der Waals surface area (Å²) >= 11 is 1.32. The Morgan fingerprint density at radius 3 is 2.50 bits per heavy atom. The fourth-order valence-electron chi connectivity index (χ4n) is 1.22. The Kier molecular flexibility index (Phi) is 4.69. The lowest BCUT2D eigenvalue weighted by Crippen LogP contribution is -2.29. The van der Waals surface area contributed by atoms with Crippen LogP contribution >= 0.6 is 11.8 Å². The molecule has 0 bridgehead atoms. The van der Waals surface area contributed by atoms with Crippen LogP contribution in [0.25, 0.3) is 0 Å². The van der Waals surface area contributed by atoms with Crippen molar-refractivity contribution in [3.63, 3.8) is 0 Å². The molecule has 0 heterocycles. The summed E-state index contributed by atoms with van der Waals surface area (Å²) in [6.45, 7) is 0. The van der Waals surface area contributed by atoms with Crippen molar-refractivity contribution in [2.75, 3.05) is 6.26 Å². The molecule has 1 aromatic carbocycles. The van der Waals surface area contributed by atoms with Gasteiger partial charge < -0.3 is 4.74 Å². The Bertz CT molecular complexity index is 407. The van der Waals surface area contributed by atoms with Crippen molar-refractivity contribution in [2.24, 2.45) is 0 Å². The van der Waals surface area contributed by atoms with E-state index in [0.717, 1.165) is 0 Å². The fourth-order valence-corrected chi connectivity index (χ4v) is 1.80. The fraction of sp³-hybridized carbons (Fsp3) is 0.333. The topological polar surface area (TPSA) is 56.8 Å². The maximum atomic E-state index is 9.16. The van der Waals surface area contributed by atoms with Gasteiger partial charge in [-0.25, -0.2) is 0 Å². The molecule has 82 valence electrons. The minimum Gasteiger partial charge on any atom is -0.463 e. The van der Waals surface area contributed by atoms with Gasteiger partial charge in [0.25, 0.3) is 0 Å². The van der Waals surface area contributed by atoms with Gasteiger partial charge >= 0.3 is 0 Å². The highest BCUT2D eigenvalue weighted by atomic mass is 32.2. The standard InChI is InChI=1S/C12H12N2OS/c1-16-12(10-14,8-5-9-13)15-11-6-3-2-4-7-11/h2-4,6-7H,5,8H2,1H3. The van der Waals surface area contributed by atoms with Gasteiger partial charge in [-0.15, -0.1) is 11.8 Å². The molecule has 0 aromatic heterocycles. The van der Waals surface area contributed by atoms with Crippen LogP contribution in [-0.2, 0) is 0 Å². The number of nitriles is 2. The van der Waals surface area contributed by atoms with Gasteiger partial charge in [0.1, 0.15) is 11.8 Å². The van der Waals surface area contributed by atoms with Crippen LogP contribution in [0.3, 0.4) is 0 Å². The molecule has 4 heteroatoms. The molecule has 1 rings (SSSR count). The van der Waals surface area contributed by atoms with Crippen LogP contribution in [0.15, 0.2) is 30.3 Å². The van der Waals surface area contributed by atoms with E-state index in [4.69, 9.17) is 15.3 Å². The number of para-hydroxylation sites is 1. The van der Waals surface area contributed by atoms with E-state index in [2.05, 4.69) is 6.07 Å². The third kappa shape index (κ3) is 3.18. The zero-order valence-corrected chi connectivity index (χ0v) is 9.83. The lowest BCUT2D eigenvalue weighted by Gasteiger charge is -2.24. The third-order valence-corrected chi connectivity index (χ3v) is 3.13. The van der Waals surface area contributed by atoms with Gasteiger partial charge in [0.15, 0.2) is 0 Å². The van der Waals surface area contributed by atoms with Gasteiger partial charge in [0.2, 0.25) is 4.93 Å². The predicted molar refractivity (Wildman–Crippen MR) is 63.8 cm³/mol. The average molecular weight is 232 g/mol. The van der Waals surface area contributed by atoms with E-state index < -0.39 is 4.93 Å². The quantitative estimate of drug-likeness (QED) is 0.732. The molecule has 3 nitrogen and oxygen atoms in total. The zero-order valence-electron chi connectivity index (χ0n) is 9.01. The number of benzene rings is 1. The number of hydrogen-bond acceptors (Lipinski definition) is 4. The minimum atomic E-state index is -0.961. The van der Waals surface area contributed by atoms with Crippen molar-refractivity contribution in [3.8, 4) is 17.9 Å². The SMILES string of the molecule is CSC(C#N)(CCC#N)Oc1ccccc1. The lowest BCUT2D eigenvalue weighted by atomic mass is 10.2. The van der Waals surface area contributed by atoms with Crippen molar-refractivity contribution in [1.82, 2.24) is 0 Å². The van der Waals surface area contributed by atoms with E-state index in [1.54, 1.807) is 12.1 Å². The lowest BCUT2D eigenvalue weighted by molar-refractivity contribution is 0.214. The first-order valence-electron chi connectivity index (χ1n) is 4.84. The highest BCUT2D eigenvalue weighted by Crippen LogP contribution is 2.30. The summed E-state index contributed by atoms with van der Waals surface area (Å²) in [4.78, 5) is -0.961. The molecule has 1 aromatic rings. The second-order valence-electron chi connectivity index (χ2n) is 3.14. The van der Waals surface area contributed by atoms with E-state index in [9.17, 15) is 0 Å². The zero-order chi connectivity index (χ0) is 11.9. The molecule has 0 saturated carbocycles. The largest absolute Gasteiger partial charge is 0.463 e. The van der Waals surface area contributed by atoms with Crippen LogP contribution in [0.2, 0.25) is 0 Å². The summed E-state index contributed by atoms with van der Waals surface area (Å²) in [7, 11) is 0. The summed E-state index contributed by atoms with van der Waals surface area (Å²) in [6.07, 6.45) is 2.51. The minimum absolute atomic E-state index is 0.307. The maximum Gasteiger partial charge on any atom is 0.241 e. The van der Waals surface area contributed by atoms with Crippen LogP contribution in [0.1, 0.15) is 12.8 Å². The van der Waals surface area contributed by atoms with Crippen LogP contribution in [0, 0.1) is 22.7 Å². The highest BCUT2D eigenvalue weighted by Gasteiger charge is 2.31. The highest BCUT2D eigenvalue weighted by molar-refractivity contribution is 8.00. The third-order valence-electron chi connectivity index (χ3n) is 2.09. The Labute approximate surface area is 99.6 Å². The first-order chi connectivity index (χ1) is 7.76. The molecule has 1 unspecified atom stereocenters. The molecule has 0 radical (unpaired) electrons. The molecule has 1 atom stereocenters. The average Bonchev–Trinajstić information content (AvgIpc) is 2.36. The summed E-state index contributed by atoms with van der Waals surface area (Å²) < 4.78 is 5.65. The monoisotopic (exact) mass is 232 g/mol. The normalized spacial score (nSPS) is 13.2. The summed E-state index contributed by atoms with van der Waals surface area (Å²) in [5, 5.41) is 17.7. The van der Waals surface area contributed by atoms with E-state index in [-0.39, 0.29) is 0 Å². The molecular weight excluding hydrogens is 220 g/mol.